The second-order valence-corrected chi connectivity index (χ2v) is 17.7. The summed E-state index contributed by atoms with van der Waals surface area (Å²) in [4.78, 5) is 66.3. The lowest BCUT2D eigenvalue weighted by Gasteiger charge is -2.38. The summed E-state index contributed by atoms with van der Waals surface area (Å²) in [6.45, 7) is 5.22. The maximum Gasteiger partial charge on any atom is 0.270 e. The molecule has 14 heteroatoms. The number of aliphatic hydroxyl groups is 1. The first-order valence-electron chi connectivity index (χ1n) is 21.8. The SMILES string of the molecule is N#Cc1cc2cnc(Nc3ccc4c(c3)CCN(Cc3ccc(CN5CCC(O)(c6ccc7c(c6)CN(C6CCC(=O)NC6=O)C7=O)CC5)cc3)C4)nc2n(C2CCCC2)c1=O. The van der Waals surface area contributed by atoms with Gasteiger partial charge in [-0.3, -0.25) is 38.9 Å². The molecule has 1 aliphatic carbocycles. The van der Waals surface area contributed by atoms with Crippen LogP contribution < -0.4 is 16.2 Å². The van der Waals surface area contributed by atoms with Crippen LogP contribution in [0.3, 0.4) is 0 Å². The zero-order valence-corrected chi connectivity index (χ0v) is 34.6. The number of anilines is 2. The van der Waals surface area contributed by atoms with Gasteiger partial charge in [-0.15, -0.1) is 0 Å². The molecule has 14 nitrogen and oxygen atoms in total. The highest BCUT2D eigenvalue weighted by Crippen LogP contribution is 2.37. The summed E-state index contributed by atoms with van der Waals surface area (Å²) in [5.41, 5.74) is 7.56. The number of hydrogen-bond donors (Lipinski definition) is 3. The maximum absolute atomic E-state index is 13.2. The van der Waals surface area contributed by atoms with Crippen LogP contribution in [0.5, 0.6) is 0 Å². The van der Waals surface area contributed by atoms with E-state index in [0.29, 0.717) is 48.4 Å². The summed E-state index contributed by atoms with van der Waals surface area (Å²) in [6, 6.07) is 23.8. The van der Waals surface area contributed by atoms with Crippen molar-refractivity contribution >= 4 is 40.4 Å². The molecule has 6 heterocycles. The zero-order valence-electron chi connectivity index (χ0n) is 34.6. The minimum absolute atomic E-state index is 0.0425. The van der Waals surface area contributed by atoms with Gasteiger partial charge >= 0.3 is 0 Å². The number of amides is 3. The fourth-order valence-corrected chi connectivity index (χ4v) is 10.2. The first-order chi connectivity index (χ1) is 30.1. The summed E-state index contributed by atoms with van der Waals surface area (Å²) < 4.78 is 1.71. The van der Waals surface area contributed by atoms with Gasteiger partial charge in [0.2, 0.25) is 17.8 Å². The summed E-state index contributed by atoms with van der Waals surface area (Å²) >= 11 is 0. The Hall–Kier alpha value is -6.27. The largest absolute Gasteiger partial charge is 0.385 e. The van der Waals surface area contributed by atoms with Gasteiger partial charge in [-0.2, -0.15) is 10.2 Å². The van der Waals surface area contributed by atoms with Gasteiger partial charge in [-0.25, -0.2) is 4.98 Å². The van der Waals surface area contributed by atoms with Gasteiger partial charge in [0, 0.05) is 81.1 Å². The van der Waals surface area contributed by atoms with Crippen molar-refractivity contribution in [3.63, 3.8) is 0 Å². The number of carbonyl (C=O) groups excluding carboxylic acids is 3. The van der Waals surface area contributed by atoms with Gasteiger partial charge in [0.25, 0.3) is 11.5 Å². The number of likely N-dealkylation sites (tertiary alicyclic amines) is 1. The average Bonchev–Trinajstić information content (AvgIpc) is 3.93. The van der Waals surface area contributed by atoms with Crippen LogP contribution in [0.4, 0.5) is 11.6 Å². The Balaban J connectivity index is 0.723. The van der Waals surface area contributed by atoms with E-state index in [1.54, 1.807) is 27.8 Å². The van der Waals surface area contributed by atoms with Gasteiger partial charge in [-0.05, 0) is 96.2 Å². The molecule has 3 amide bonds. The van der Waals surface area contributed by atoms with E-state index < -0.39 is 17.6 Å². The number of nitriles is 1. The first kappa shape index (κ1) is 39.8. The van der Waals surface area contributed by atoms with Gasteiger partial charge in [0.05, 0.1) is 5.60 Å². The second-order valence-electron chi connectivity index (χ2n) is 17.7. The van der Waals surface area contributed by atoms with Crippen LogP contribution in [-0.2, 0) is 47.8 Å². The van der Waals surface area contributed by atoms with E-state index in [0.717, 1.165) is 88.2 Å². The number of imide groups is 1. The normalized spacial score (nSPS) is 20.5. The number of fused-ring (bicyclic) bond motifs is 3. The molecule has 4 aliphatic heterocycles. The fraction of sp³-hybridized carbons (Fsp3) is 0.396. The van der Waals surface area contributed by atoms with Crippen LogP contribution in [-0.4, -0.2) is 77.7 Å². The molecule has 62 heavy (non-hydrogen) atoms. The van der Waals surface area contributed by atoms with Crippen molar-refractivity contribution in [1.82, 2.24) is 34.6 Å². The summed E-state index contributed by atoms with van der Waals surface area (Å²) in [6.07, 6.45) is 8.23. The molecule has 1 saturated carbocycles. The van der Waals surface area contributed by atoms with E-state index in [2.05, 4.69) is 74.0 Å². The van der Waals surface area contributed by atoms with E-state index in [9.17, 15) is 29.5 Å². The van der Waals surface area contributed by atoms with Crippen LogP contribution in [0.15, 0.2) is 77.7 Å². The van der Waals surface area contributed by atoms with Gasteiger partial charge in [0.15, 0.2) is 0 Å². The molecular formula is C48H49N9O5. The molecule has 10 rings (SSSR count). The van der Waals surface area contributed by atoms with Gasteiger partial charge in [-0.1, -0.05) is 55.3 Å². The molecule has 3 N–H and O–H groups in total. The van der Waals surface area contributed by atoms with Crippen LogP contribution in [0, 0.1) is 11.3 Å². The molecule has 3 aromatic carbocycles. The van der Waals surface area contributed by atoms with Crippen molar-refractivity contribution in [2.45, 2.75) is 102 Å². The predicted molar refractivity (Wildman–Crippen MR) is 231 cm³/mol. The van der Waals surface area contributed by atoms with Gasteiger partial charge < -0.3 is 15.3 Å². The quantitative estimate of drug-likeness (QED) is 0.164. The Labute approximate surface area is 359 Å². The molecular weight excluding hydrogens is 783 g/mol. The van der Waals surface area contributed by atoms with E-state index in [1.807, 2.05) is 12.1 Å². The third-order valence-corrected chi connectivity index (χ3v) is 13.7. The minimum atomic E-state index is -0.996. The summed E-state index contributed by atoms with van der Waals surface area (Å²) in [7, 11) is 0. The number of rotatable bonds is 9. The third-order valence-electron chi connectivity index (χ3n) is 13.7. The smallest absolute Gasteiger partial charge is 0.270 e. The van der Waals surface area contributed by atoms with Crippen LogP contribution >= 0.6 is 0 Å². The lowest BCUT2D eigenvalue weighted by atomic mass is 9.83. The van der Waals surface area contributed by atoms with Gasteiger partial charge in [0.1, 0.15) is 23.3 Å². The molecule has 3 fully saturated rings. The maximum atomic E-state index is 13.2. The molecule has 0 spiro atoms. The van der Waals surface area contributed by atoms with Crippen LogP contribution in [0.1, 0.15) is 107 Å². The van der Waals surface area contributed by atoms with Crippen molar-refractivity contribution in [3.05, 3.63) is 128 Å². The number of piperidine rings is 2. The Morgan fingerprint density at radius 1 is 0.823 bits per heavy atom. The highest BCUT2D eigenvalue weighted by molar-refractivity contribution is 6.05. The van der Waals surface area contributed by atoms with Crippen LogP contribution in [0.25, 0.3) is 11.0 Å². The molecule has 1 unspecified atom stereocenters. The Bertz CT molecular complexity index is 2710. The molecule has 0 radical (unpaired) electrons. The number of benzene rings is 3. The second kappa shape index (κ2) is 16.2. The highest BCUT2D eigenvalue weighted by Gasteiger charge is 2.41. The van der Waals surface area contributed by atoms with E-state index in [1.165, 1.54) is 22.3 Å². The Kier molecular flexibility index (Phi) is 10.4. The number of aromatic nitrogens is 3. The molecule has 2 saturated heterocycles. The number of carbonyl (C=O) groups is 3. The molecule has 2 aromatic heterocycles. The standard InChI is InChI=1S/C48H49N9O5/c49-24-34-21-35-25-50-47(53-43(35)57(45(34)60)39-3-1-2-4-39)51-38-11-9-33-28-55(18-15-32(33)23-38)27-31-7-5-30(6-8-31)26-54-19-16-48(62,17-20-54)37-10-12-40-36(22-37)29-56(46(40)61)41-13-14-42(58)52-44(41)59/h5-12,21-23,25,39,41,62H,1-4,13-20,26-29H2,(H,50,51,53)(H,52,58,59). The third kappa shape index (κ3) is 7.65. The molecule has 316 valence electrons. The van der Waals surface area contributed by atoms with E-state index in [4.69, 9.17) is 4.98 Å². The molecule has 1 atom stereocenters. The van der Waals surface area contributed by atoms with Crippen molar-refractivity contribution < 1.29 is 19.5 Å². The molecule has 0 bridgehead atoms. The van der Waals surface area contributed by atoms with E-state index in [-0.39, 0.29) is 35.4 Å². The monoisotopic (exact) mass is 831 g/mol. The van der Waals surface area contributed by atoms with Crippen molar-refractivity contribution in [3.8, 4) is 6.07 Å². The lowest BCUT2D eigenvalue weighted by molar-refractivity contribution is -0.136. The lowest BCUT2D eigenvalue weighted by Crippen LogP contribution is -2.52. The summed E-state index contributed by atoms with van der Waals surface area (Å²) in [5.74, 6) is -0.518. The topological polar surface area (TPSA) is 177 Å². The van der Waals surface area contributed by atoms with E-state index >= 15 is 0 Å². The average molecular weight is 832 g/mol. The fourth-order valence-electron chi connectivity index (χ4n) is 10.2. The first-order valence-corrected chi connectivity index (χ1v) is 21.8. The number of pyridine rings is 1. The van der Waals surface area contributed by atoms with Crippen molar-refractivity contribution in [1.29, 1.82) is 5.26 Å². The van der Waals surface area contributed by atoms with Crippen LogP contribution in [0.2, 0.25) is 0 Å². The highest BCUT2D eigenvalue weighted by atomic mass is 16.3. The number of hydrogen-bond acceptors (Lipinski definition) is 11. The zero-order chi connectivity index (χ0) is 42.5. The predicted octanol–water partition coefficient (Wildman–Crippen LogP) is 5.32. The molecule has 5 aromatic rings. The number of nitrogens with one attached hydrogen (secondary N) is 2. The Morgan fingerprint density at radius 2 is 1.58 bits per heavy atom. The van der Waals surface area contributed by atoms with Crippen molar-refractivity contribution in [2.24, 2.45) is 0 Å². The minimum Gasteiger partial charge on any atom is -0.385 e. The van der Waals surface area contributed by atoms with Crippen molar-refractivity contribution in [2.75, 3.05) is 25.0 Å². The summed E-state index contributed by atoms with van der Waals surface area (Å²) in [5, 5.41) is 27.8. The Morgan fingerprint density at radius 3 is 2.32 bits per heavy atom. The molecule has 5 aliphatic rings. The number of nitrogens with zero attached hydrogens (tertiary/aromatic N) is 7.